The highest BCUT2D eigenvalue weighted by atomic mass is 35.7. The standard InChI is InChI=1S/C8H7ClO6S2/c1-3-4(6(10)11)8(17(9,13)14)16-5(3)7(12)15-2/h1-2H3,(H,10,11). The van der Waals surface area contributed by atoms with Crippen LogP contribution >= 0.6 is 22.0 Å². The van der Waals surface area contributed by atoms with Crippen LogP contribution in [0.15, 0.2) is 4.21 Å². The van der Waals surface area contributed by atoms with Gasteiger partial charge in [0.25, 0.3) is 9.05 Å². The van der Waals surface area contributed by atoms with E-state index in [1.54, 1.807) is 0 Å². The third-order valence-electron chi connectivity index (χ3n) is 1.92. The monoisotopic (exact) mass is 298 g/mol. The number of hydrogen-bond donors (Lipinski definition) is 1. The van der Waals surface area contributed by atoms with Crippen LogP contribution in [0.1, 0.15) is 25.6 Å². The van der Waals surface area contributed by atoms with E-state index in [0.29, 0.717) is 11.3 Å². The van der Waals surface area contributed by atoms with Gasteiger partial charge in [0, 0.05) is 10.7 Å². The first-order chi connectivity index (χ1) is 7.70. The fourth-order valence-electron chi connectivity index (χ4n) is 1.19. The van der Waals surface area contributed by atoms with Crippen LogP contribution in [0.2, 0.25) is 0 Å². The van der Waals surface area contributed by atoms with Gasteiger partial charge in [-0.2, -0.15) is 0 Å². The van der Waals surface area contributed by atoms with E-state index in [4.69, 9.17) is 15.8 Å². The van der Waals surface area contributed by atoms with Crippen molar-refractivity contribution >= 4 is 43.0 Å². The van der Waals surface area contributed by atoms with Crippen LogP contribution in [0.5, 0.6) is 0 Å². The minimum atomic E-state index is -4.22. The van der Waals surface area contributed by atoms with Gasteiger partial charge in [0.15, 0.2) is 4.21 Å². The minimum absolute atomic E-state index is 0.0218. The Labute approximate surface area is 105 Å². The second-order valence-corrected chi connectivity index (χ2v) is 6.74. The van der Waals surface area contributed by atoms with Crippen LogP contribution in [-0.2, 0) is 13.8 Å². The van der Waals surface area contributed by atoms with Crippen LogP contribution in [0.4, 0.5) is 0 Å². The summed E-state index contributed by atoms with van der Waals surface area (Å²) in [7, 11) is 2.00. The zero-order chi connectivity index (χ0) is 13.4. The number of rotatable bonds is 3. The molecule has 1 rings (SSSR count). The van der Waals surface area contributed by atoms with Crippen LogP contribution < -0.4 is 0 Å². The third-order valence-corrected chi connectivity index (χ3v) is 5.28. The van der Waals surface area contributed by atoms with E-state index in [2.05, 4.69) is 4.74 Å². The Balaban J connectivity index is 3.63. The molecule has 6 nitrogen and oxygen atoms in total. The topological polar surface area (TPSA) is 97.7 Å². The van der Waals surface area contributed by atoms with Crippen molar-refractivity contribution in [2.45, 2.75) is 11.1 Å². The number of ether oxygens (including phenoxy) is 1. The lowest BCUT2D eigenvalue weighted by atomic mass is 10.2. The molecule has 1 heterocycles. The van der Waals surface area contributed by atoms with E-state index in [-0.39, 0.29) is 10.4 Å². The van der Waals surface area contributed by atoms with E-state index in [1.165, 1.54) is 6.92 Å². The van der Waals surface area contributed by atoms with E-state index in [0.717, 1.165) is 7.11 Å². The molecule has 9 heteroatoms. The molecule has 0 unspecified atom stereocenters. The summed E-state index contributed by atoms with van der Waals surface area (Å²) >= 11 is 0.479. The molecule has 0 saturated heterocycles. The van der Waals surface area contributed by atoms with Gasteiger partial charge < -0.3 is 9.84 Å². The van der Waals surface area contributed by atoms with E-state index < -0.39 is 30.8 Å². The average Bonchev–Trinajstić information content (AvgIpc) is 2.54. The normalized spacial score (nSPS) is 11.2. The first-order valence-corrected chi connectivity index (χ1v) is 7.22. The third kappa shape index (κ3) is 2.59. The molecule has 0 spiro atoms. The van der Waals surface area contributed by atoms with Crippen LogP contribution in [-0.4, -0.2) is 32.6 Å². The van der Waals surface area contributed by atoms with Crippen molar-refractivity contribution in [2.75, 3.05) is 7.11 Å². The first-order valence-electron chi connectivity index (χ1n) is 4.09. The molecule has 0 fully saturated rings. The number of aromatic carboxylic acids is 1. The zero-order valence-corrected chi connectivity index (χ0v) is 11.1. The summed E-state index contributed by atoms with van der Waals surface area (Å²) in [4.78, 5) is 22.2. The largest absolute Gasteiger partial charge is 0.478 e. The highest BCUT2D eigenvalue weighted by Crippen LogP contribution is 2.34. The molecule has 0 aliphatic heterocycles. The summed E-state index contributed by atoms with van der Waals surface area (Å²) in [5.41, 5.74) is -0.473. The Hall–Kier alpha value is -1.12. The molecule has 0 atom stereocenters. The maximum Gasteiger partial charge on any atom is 0.348 e. The Bertz CT molecular complexity index is 585. The first kappa shape index (κ1) is 13.9. The fraction of sp³-hybridized carbons (Fsp3) is 0.250. The van der Waals surface area contributed by atoms with Crippen molar-refractivity contribution in [3.05, 3.63) is 16.0 Å². The van der Waals surface area contributed by atoms with E-state index >= 15 is 0 Å². The predicted octanol–water partition coefficient (Wildman–Crippen LogP) is 1.47. The van der Waals surface area contributed by atoms with Gasteiger partial charge in [-0.25, -0.2) is 18.0 Å². The number of esters is 1. The molecule has 0 aliphatic rings. The molecule has 94 valence electrons. The number of methoxy groups -OCH3 is 1. The van der Waals surface area contributed by atoms with Crippen molar-refractivity contribution < 1.29 is 27.9 Å². The summed E-state index contributed by atoms with van der Waals surface area (Å²) < 4.78 is 26.2. The molecule has 1 aromatic heterocycles. The number of carbonyl (C=O) groups excluding carboxylic acids is 1. The van der Waals surface area contributed by atoms with Crippen molar-refractivity contribution in [3.8, 4) is 0 Å². The number of carbonyl (C=O) groups is 2. The number of carboxylic acids is 1. The van der Waals surface area contributed by atoms with Gasteiger partial charge in [-0.1, -0.05) is 0 Å². The molecule has 0 amide bonds. The van der Waals surface area contributed by atoms with Gasteiger partial charge in [-0.05, 0) is 12.5 Å². The maximum atomic E-state index is 11.3. The highest BCUT2D eigenvalue weighted by molar-refractivity contribution is 8.15. The lowest BCUT2D eigenvalue weighted by Crippen LogP contribution is -2.04. The van der Waals surface area contributed by atoms with Gasteiger partial charge in [-0.3, -0.25) is 0 Å². The molecule has 1 N–H and O–H groups in total. The molecule has 17 heavy (non-hydrogen) atoms. The molecular formula is C8H7ClO6S2. The van der Waals surface area contributed by atoms with Crippen LogP contribution in [0.25, 0.3) is 0 Å². The van der Waals surface area contributed by atoms with Crippen LogP contribution in [0.3, 0.4) is 0 Å². The van der Waals surface area contributed by atoms with Gasteiger partial charge >= 0.3 is 11.9 Å². The lowest BCUT2D eigenvalue weighted by Gasteiger charge is -1.97. The van der Waals surface area contributed by atoms with Crippen molar-refractivity contribution in [3.63, 3.8) is 0 Å². The van der Waals surface area contributed by atoms with Gasteiger partial charge in [0.2, 0.25) is 0 Å². The Morgan fingerprint density at radius 3 is 2.24 bits per heavy atom. The Morgan fingerprint density at radius 2 is 1.94 bits per heavy atom. The lowest BCUT2D eigenvalue weighted by molar-refractivity contribution is 0.0605. The average molecular weight is 299 g/mol. The fourth-order valence-corrected chi connectivity index (χ4v) is 3.79. The second-order valence-electron chi connectivity index (χ2n) is 2.95. The number of thiophene rings is 1. The minimum Gasteiger partial charge on any atom is -0.478 e. The van der Waals surface area contributed by atoms with E-state index in [9.17, 15) is 18.0 Å². The molecule has 0 saturated carbocycles. The number of hydrogen-bond acceptors (Lipinski definition) is 6. The molecule has 0 bridgehead atoms. The summed E-state index contributed by atoms with van der Waals surface area (Å²) in [6, 6.07) is 0. The summed E-state index contributed by atoms with van der Waals surface area (Å²) in [6.45, 7) is 1.32. The number of carboxylic acid groups (broad SMARTS) is 1. The number of halogens is 1. The van der Waals surface area contributed by atoms with Crippen molar-refractivity contribution in [1.82, 2.24) is 0 Å². The summed E-state index contributed by atoms with van der Waals surface area (Å²) in [5.74, 6) is -2.27. The quantitative estimate of drug-likeness (QED) is 0.670. The Kier molecular flexibility index (Phi) is 3.80. The van der Waals surface area contributed by atoms with Gasteiger partial charge in [0.05, 0.1) is 12.7 Å². The van der Waals surface area contributed by atoms with Crippen molar-refractivity contribution in [2.24, 2.45) is 0 Å². The summed E-state index contributed by atoms with van der Waals surface area (Å²) in [6.07, 6.45) is 0. The van der Waals surface area contributed by atoms with Gasteiger partial charge in [-0.15, -0.1) is 11.3 Å². The smallest absolute Gasteiger partial charge is 0.348 e. The van der Waals surface area contributed by atoms with E-state index in [1.807, 2.05) is 0 Å². The van der Waals surface area contributed by atoms with Crippen molar-refractivity contribution in [1.29, 1.82) is 0 Å². The zero-order valence-electron chi connectivity index (χ0n) is 8.68. The van der Waals surface area contributed by atoms with Gasteiger partial charge in [0.1, 0.15) is 4.88 Å². The molecule has 0 aromatic carbocycles. The molecule has 0 aliphatic carbocycles. The molecule has 1 aromatic rings. The molecule has 0 radical (unpaired) electrons. The highest BCUT2D eigenvalue weighted by Gasteiger charge is 2.30. The second kappa shape index (κ2) is 4.63. The molecular weight excluding hydrogens is 292 g/mol. The predicted molar refractivity (Wildman–Crippen MR) is 60.4 cm³/mol. The maximum absolute atomic E-state index is 11.3. The Morgan fingerprint density at radius 1 is 1.41 bits per heavy atom. The van der Waals surface area contributed by atoms with Crippen LogP contribution in [0, 0.1) is 6.92 Å². The SMILES string of the molecule is COC(=O)c1sc(S(=O)(=O)Cl)c(C(=O)O)c1C. The summed E-state index contributed by atoms with van der Waals surface area (Å²) in [5, 5.41) is 8.91.